The van der Waals surface area contributed by atoms with E-state index in [1.807, 2.05) is 19.1 Å². The van der Waals surface area contributed by atoms with Crippen LogP contribution in [-0.4, -0.2) is 18.0 Å². The van der Waals surface area contributed by atoms with Gasteiger partial charge in [0, 0.05) is 5.92 Å². The molecule has 0 aromatic heterocycles. The van der Waals surface area contributed by atoms with Crippen LogP contribution in [0.4, 0.5) is 0 Å². The maximum atomic E-state index is 6.02. The van der Waals surface area contributed by atoms with Crippen LogP contribution in [0.2, 0.25) is 0 Å². The Morgan fingerprint density at radius 1 is 1.38 bits per heavy atom. The number of hydrogen-bond donors (Lipinski definition) is 0. The molecule has 2 fully saturated rings. The molecule has 0 N–H and O–H groups in total. The summed E-state index contributed by atoms with van der Waals surface area (Å²) in [4.78, 5) is 4.80. The maximum Gasteiger partial charge on any atom is 0.208 e. The van der Waals surface area contributed by atoms with Crippen molar-refractivity contribution in [1.29, 1.82) is 0 Å². The second-order valence-corrected chi connectivity index (χ2v) is 6.28. The van der Waals surface area contributed by atoms with Gasteiger partial charge in [-0.15, -0.1) is 0 Å². The van der Waals surface area contributed by atoms with E-state index in [4.69, 9.17) is 9.73 Å². The van der Waals surface area contributed by atoms with E-state index in [2.05, 4.69) is 20.8 Å². The van der Waals surface area contributed by atoms with Crippen molar-refractivity contribution in [1.82, 2.24) is 0 Å². The van der Waals surface area contributed by atoms with Gasteiger partial charge < -0.3 is 4.74 Å². The fourth-order valence-electron chi connectivity index (χ4n) is 4.14. The van der Waals surface area contributed by atoms with Crippen molar-refractivity contribution < 1.29 is 4.74 Å². The van der Waals surface area contributed by atoms with Crippen LogP contribution in [-0.2, 0) is 4.74 Å². The summed E-state index contributed by atoms with van der Waals surface area (Å²) < 4.78 is 6.02. The first-order valence-corrected chi connectivity index (χ1v) is 6.38. The first-order valence-electron chi connectivity index (χ1n) is 6.38. The fraction of sp³-hybridized carbons (Fsp3) is 0.786. The Morgan fingerprint density at radius 2 is 2.12 bits per heavy atom. The van der Waals surface area contributed by atoms with Crippen molar-refractivity contribution in [3.8, 4) is 0 Å². The molecule has 1 heterocycles. The monoisotopic (exact) mass is 219 g/mol. The Bertz CT molecular complexity index is 382. The summed E-state index contributed by atoms with van der Waals surface area (Å²) in [5.74, 6) is 1.54. The molecule has 0 radical (unpaired) electrons. The van der Waals surface area contributed by atoms with Crippen LogP contribution in [0.15, 0.2) is 17.1 Å². The summed E-state index contributed by atoms with van der Waals surface area (Å²) in [5.41, 5.74) is 0.721. The predicted molar refractivity (Wildman–Crippen MR) is 65.5 cm³/mol. The molecule has 88 valence electrons. The van der Waals surface area contributed by atoms with Gasteiger partial charge in [0.05, 0.1) is 6.04 Å². The predicted octanol–water partition coefficient (Wildman–Crippen LogP) is 3.18. The lowest BCUT2D eigenvalue weighted by atomic mass is 9.69. The summed E-state index contributed by atoms with van der Waals surface area (Å²) in [6, 6.07) is 0.396. The number of nitrogens with zero attached hydrogens (tertiary/aromatic N) is 1. The van der Waals surface area contributed by atoms with Crippen LogP contribution in [0.5, 0.6) is 0 Å². The van der Waals surface area contributed by atoms with Gasteiger partial charge >= 0.3 is 0 Å². The molecule has 3 rings (SSSR count). The van der Waals surface area contributed by atoms with Crippen LogP contribution in [0.25, 0.3) is 0 Å². The minimum Gasteiger partial charge on any atom is -0.472 e. The van der Waals surface area contributed by atoms with Gasteiger partial charge in [0.1, 0.15) is 6.10 Å². The highest BCUT2D eigenvalue weighted by atomic mass is 16.5. The molecule has 16 heavy (non-hydrogen) atoms. The average Bonchev–Trinajstić information content (AvgIpc) is 2.75. The van der Waals surface area contributed by atoms with E-state index in [0.717, 1.165) is 5.90 Å². The van der Waals surface area contributed by atoms with Crippen molar-refractivity contribution in [2.75, 3.05) is 0 Å². The standard InChI is InChI=1S/C14H21NO/c1-5-6-10-15-12-11(16-10)9-7-8-14(12,4)13(9,2)3/h5-6,9,11-12H,7-8H2,1-4H3/b6-5+/t9-,11-,12-,14+/m1/s1. The lowest BCUT2D eigenvalue weighted by molar-refractivity contribution is 0.117. The van der Waals surface area contributed by atoms with Crippen molar-refractivity contribution in [2.45, 2.75) is 52.7 Å². The molecule has 0 unspecified atom stereocenters. The number of fused-ring (bicyclic) bond motifs is 5. The molecule has 1 aliphatic heterocycles. The van der Waals surface area contributed by atoms with Crippen molar-refractivity contribution in [3.05, 3.63) is 12.2 Å². The van der Waals surface area contributed by atoms with E-state index in [0.29, 0.717) is 28.9 Å². The average molecular weight is 219 g/mol. The SMILES string of the molecule is C/C=C/C1=N[C@@H]2[C@H](O1)[C@H]1CC[C@]2(C)C1(C)C. The van der Waals surface area contributed by atoms with Crippen LogP contribution in [0, 0.1) is 16.7 Å². The normalized spacial score (nSPS) is 48.2. The first kappa shape index (κ1) is 10.4. The van der Waals surface area contributed by atoms with E-state index in [-0.39, 0.29) is 0 Å². The zero-order valence-corrected chi connectivity index (χ0v) is 10.7. The Labute approximate surface area is 97.8 Å². The first-order chi connectivity index (χ1) is 7.50. The highest BCUT2D eigenvalue weighted by Gasteiger charge is 2.69. The summed E-state index contributed by atoms with van der Waals surface area (Å²) in [6.07, 6.45) is 6.97. The smallest absolute Gasteiger partial charge is 0.208 e. The molecular weight excluding hydrogens is 198 g/mol. The Kier molecular flexibility index (Phi) is 1.88. The van der Waals surface area contributed by atoms with Gasteiger partial charge in [0.25, 0.3) is 0 Å². The summed E-state index contributed by atoms with van der Waals surface area (Å²) in [7, 11) is 0. The molecule has 3 aliphatic rings. The zero-order chi connectivity index (χ0) is 11.6. The lowest BCUT2D eigenvalue weighted by Gasteiger charge is -2.36. The Balaban J connectivity index is 1.99. The van der Waals surface area contributed by atoms with Crippen molar-refractivity contribution in [2.24, 2.45) is 21.7 Å². The van der Waals surface area contributed by atoms with Gasteiger partial charge in [-0.1, -0.05) is 26.8 Å². The highest BCUT2D eigenvalue weighted by molar-refractivity contribution is 5.89. The van der Waals surface area contributed by atoms with Gasteiger partial charge in [0.15, 0.2) is 0 Å². The molecule has 2 bridgehead atoms. The molecule has 0 spiro atoms. The number of rotatable bonds is 1. The zero-order valence-electron chi connectivity index (χ0n) is 10.7. The molecule has 2 heteroatoms. The highest BCUT2D eigenvalue weighted by Crippen LogP contribution is 2.68. The Hall–Kier alpha value is -0.790. The second-order valence-electron chi connectivity index (χ2n) is 6.28. The number of ether oxygens (including phenoxy) is 1. The summed E-state index contributed by atoms with van der Waals surface area (Å²) >= 11 is 0. The van der Waals surface area contributed by atoms with Crippen LogP contribution in [0.3, 0.4) is 0 Å². The molecule has 0 aromatic carbocycles. The third-order valence-corrected chi connectivity index (χ3v) is 5.57. The minimum absolute atomic E-state index is 0.339. The summed E-state index contributed by atoms with van der Waals surface area (Å²) in [6.45, 7) is 9.22. The Morgan fingerprint density at radius 3 is 2.75 bits per heavy atom. The van der Waals surface area contributed by atoms with E-state index in [9.17, 15) is 0 Å². The molecular formula is C14H21NO. The van der Waals surface area contributed by atoms with E-state index in [1.165, 1.54) is 12.8 Å². The topological polar surface area (TPSA) is 21.6 Å². The molecule has 4 atom stereocenters. The summed E-state index contributed by atoms with van der Waals surface area (Å²) in [5, 5.41) is 0. The second kappa shape index (κ2) is 2.91. The number of hydrogen-bond acceptors (Lipinski definition) is 2. The molecule has 2 aliphatic carbocycles. The van der Waals surface area contributed by atoms with Crippen LogP contribution >= 0.6 is 0 Å². The third-order valence-electron chi connectivity index (χ3n) is 5.57. The van der Waals surface area contributed by atoms with Gasteiger partial charge in [-0.2, -0.15) is 0 Å². The van der Waals surface area contributed by atoms with Crippen molar-refractivity contribution >= 4 is 5.90 Å². The molecule has 2 saturated carbocycles. The molecule has 0 amide bonds. The molecule has 0 saturated heterocycles. The molecule has 2 nitrogen and oxygen atoms in total. The number of aliphatic imine (C=N–C) groups is 1. The minimum atomic E-state index is 0.339. The largest absolute Gasteiger partial charge is 0.472 e. The van der Waals surface area contributed by atoms with Crippen molar-refractivity contribution in [3.63, 3.8) is 0 Å². The fourth-order valence-corrected chi connectivity index (χ4v) is 4.14. The molecule has 0 aromatic rings. The lowest BCUT2D eigenvalue weighted by Crippen LogP contribution is -2.36. The quantitative estimate of drug-likeness (QED) is 0.663. The van der Waals surface area contributed by atoms with E-state index >= 15 is 0 Å². The van der Waals surface area contributed by atoms with Crippen LogP contribution in [0.1, 0.15) is 40.5 Å². The van der Waals surface area contributed by atoms with Gasteiger partial charge in [0.2, 0.25) is 5.90 Å². The maximum absolute atomic E-state index is 6.02. The van der Waals surface area contributed by atoms with Gasteiger partial charge in [-0.3, -0.25) is 0 Å². The van der Waals surface area contributed by atoms with Gasteiger partial charge in [-0.25, -0.2) is 4.99 Å². The van der Waals surface area contributed by atoms with E-state index < -0.39 is 0 Å². The van der Waals surface area contributed by atoms with Crippen LogP contribution < -0.4 is 0 Å². The van der Waals surface area contributed by atoms with Gasteiger partial charge in [-0.05, 0) is 36.7 Å². The van der Waals surface area contributed by atoms with E-state index in [1.54, 1.807) is 0 Å². The third kappa shape index (κ3) is 0.964. The number of allylic oxidation sites excluding steroid dienone is 1.